The van der Waals surface area contributed by atoms with Crippen LogP contribution in [-0.2, 0) is 4.79 Å². The molecule has 0 amide bonds. The molecule has 2 rings (SSSR count). The number of oxazole rings is 1. The molecule has 1 unspecified atom stereocenters. The third kappa shape index (κ3) is 2.95. The number of aromatic nitrogens is 4. The van der Waals surface area contributed by atoms with Crippen LogP contribution in [0.5, 0.6) is 0 Å². The minimum absolute atomic E-state index is 0.0601. The van der Waals surface area contributed by atoms with Gasteiger partial charge in [0, 0.05) is 0 Å². The molecule has 0 fully saturated rings. The number of aliphatic carboxylic acids is 1. The maximum Gasteiger partial charge on any atom is 0.313 e. The van der Waals surface area contributed by atoms with E-state index in [-0.39, 0.29) is 11.8 Å². The van der Waals surface area contributed by atoms with Crippen molar-refractivity contribution in [1.29, 1.82) is 0 Å². The van der Waals surface area contributed by atoms with E-state index in [4.69, 9.17) is 9.52 Å². The molecule has 2 aromatic rings. The van der Waals surface area contributed by atoms with Crippen LogP contribution in [0.1, 0.15) is 30.4 Å². The molecular weight excluding hydrogens is 268 g/mol. The number of carbonyl (C=O) groups is 1. The van der Waals surface area contributed by atoms with Crippen molar-refractivity contribution in [3.05, 3.63) is 23.7 Å². The second-order valence-corrected chi connectivity index (χ2v) is 5.01. The van der Waals surface area contributed by atoms with Crippen LogP contribution in [0.15, 0.2) is 15.8 Å². The molecule has 0 bridgehead atoms. The normalized spacial score (nSPS) is 12.6. The van der Waals surface area contributed by atoms with Gasteiger partial charge in [-0.2, -0.15) is 0 Å². The highest BCUT2D eigenvalue weighted by Gasteiger charge is 2.21. The molecule has 2 aromatic heterocycles. The molecule has 0 saturated heterocycles. The molecule has 0 aliphatic carbocycles. The summed E-state index contributed by atoms with van der Waals surface area (Å²) in [5.41, 5.74) is 0. The summed E-state index contributed by atoms with van der Waals surface area (Å²) < 4.78 is 7.31. The Morgan fingerprint density at radius 3 is 2.84 bits per heavy atom. The van der Waals surface area contributed by atoms with Crippen LogP contribution >= 0.6 is 11.8 Å². The van der Waals surface area contributed by atoms with E-state index in [0.717, 1.165) is 17.5 Å². The number of carboxylic acids is 1. The molecule has 102 valence electrons. The minimum atomic E-state index is -0.892. The van der Waals surface area contributed by atoms with Crippen molar-refractivity contribution in [2.75, 3.05) is 5.75 Å². The number of rotatable bonds is 5. The Labute approximate surface area is 114 Å². The van der Waals surface area contributed by atoms with Gasteiger partial charge in [0.15, 0.2) is 5.16 Å². The highest BCUT2D eigenvalue weighted by atomic mass is 32.2. The van der Waals surface area contributed by atoms with Crippen molar-refractivity contribution in [3.63, 3.8) is 0 Å². The minimum Gasteiger partial charge on any atom is -0.481 e. The van der Waals surface area contributed by atoms with Gasteiger partial charge in [0.1, 0.15) is 17.6 Å². The maximum absolute atomic E-state index is 10.6. The van der Waals surface area contributed by atoms with Crippen LogP contribution < -0.4 is 0 Å². The second kappa shape index (κ2) is 5.43. The first-order chi connectivity index (χ1) is 8.99. The highest BCUT2D eigenvalue weighted by molar-refractivity contribution is 7.99. The SMILES string of the molecule is Cc1cnc(C(C)n2c(C)nnc2SCC(=O)O)o1. The van der Waals surface area contributed by atoms with Crippen LogP contribution in [0.25, 0.3) is 0 Å². The molecule has 19 heavy (non-hydrogen) atoms. The standard InChI is InChI=1S/C11H14N4O3S/c1-6-4-12-10(18-6)7(2)15-8(3)13-14-11(15)19-5-9(16)17/h4,7H,5H2,1-3H3,(H,16,17). The summed E-state index contributed by atoms with van der Waals surface area (Å²) in [6.45, 7) is 5.54. The number of carboxylic acid groups (broad SMARTS) is 1. The fraction of sp³-hybridized carbons (Fsp3) is 0.455. The molecule has 0 aliphatic rings. The van der Waals surface area contributed by atoms with Crippen molar-refractivity contribution < 1.29 is 14.3 Å². The third-order valence-corrected chi connectivity index (χ3v) is 3.47. The molecule has 0 radical (unpaired) electrons. The van der Waals surface area contributed by atoms with Gasteiger partial charge in [0.05, 0.1) is 11.9 Å². The molecule has 8 heteroatoms. The molecule has 1 atom stereocenters. The zero-order valence-corrected chi connectivity index (χ0v) is 11.6. The van der Waals surface area contributed by atoms with Crippen LogP contribution in [0.4, 0.5) is 0 Å². The van der Waals surface area contributed by atoms with Crippen molar-refractivity contribution in [3.8, 4) is 0 Å². The van der Waals surface area contributed by atoms with E-state index >= 15 is 0 Å². The molecule has 0 saturated carbocycles. The first kappa shape index (κ1) is 13.6. The Balaban J connectivity index is 2.27. The van der Waals surface area contributed by atoms with E-state index < -0.39 is 5.97 Å². The summed E-state index contributed by atoms with van der Waals surface area (Å²) in [6, 6.07) is -0.181. The molecule has 2 heterocycles. The summed E-state index contributed by atoms with van der Waals surface area (Å²) in [5, 5.41) is 17.2. The van der Waals surface area contributed by atoms with Gasteiger partial charge in [-0.15, -0.1) is 10.2 Å². The summed E-state index contributed by atoms with van der Waals surface area (Å²) in [6.07, 6.45) is 1.65. The number of aryl methyl sites for hydroxylation is 2. The second-order valence-electron chi connectivity index (χ2n) is 4.07. The fourth-order valence-electron chi connectivity index (χ4n) is 1.70. The predicted octanol–water partition coefficient (Wildman–Crippen LogP) is 1.67. The van der Waals surface area contributed by atoms with Crippen molar-refractivity contribution in [2.24, 2.45) is 0 Å². The average Bonchev–Trinajstić information content (AvgIpc) is 2.92. The van der Waals surface area contributed by atoms with Gasteiger partial charge in [-0.1, -0.05) is 11.8 Å². The van der Waals surface area contributed by atoms with E-state index in [0.29, 0.717) is 16.9 Å². The first-order valence-electron chi connectivity index (χ1n) is 5.67. The molecule has 7 nitrogen and oxygen atoms in total. The van der Waals surface area contributed by atoms with Crippen LogP contribution in [-0.4, -0.2) is 36.6 Å². The molecule has 0 aromatic carbocycles. The van der Waals surface area contributed by atoms with E-state index in [1.54, 1.807) is 6.20 Å². The summed E-state index contributed by atoms with van der Waals surface area (Å²) in [4.78, 5) is 14.8. The lowest BCUT2D eigenvalue weighted by Crippen LogP contribution is -2.11. The van der Waals surface area contributed by atoms with Crippen molar-refractivity contribution in [2.45, 2.75) is 32.0 Å². The third-order valence-electron chi connectivity index (χ3n) is 2.54. The highest BCUT2D eigenvalue weighted by Crippen LogP contribution is 2.25. The van der Waals surface area contributed by atoms with Crippen LogP contribution in [0, 0.1) is 13.8 Å². The Morgan fingerprint density at radius 2 is 2.26 bits per heavy atom. The number of thioether (sulfide) groups is 1. The quantitative estimate of drug-likeness (QED) is 0.833. The van der Waals surface area contributed by atoms with Gasteiger partial charge in [-0.25, -0.2) is 4.98 Å². The summed E-state index contributed by atoms with van der Waals surface area (Å²) in [5.74, 6) is 1.02. The van der Waals surface area contributed by atoms with Crippen LogP contribution in [0.3, 0.4) is 0 Å². The molecule has 0 spiro atoms. The molecule has 1 N–H and O–H groups in total. The van der Waals surface area contributed by atoms with Crippen molar-refractivity contribution >= 4 is 17.7 Å². The zero-order valence-electron chi connectivity index (χ0n) is 10.8. The lowest BCUT2D eigenvalue weighted by molar-refractivity contribution is -0.133. The fourth-order valence-corrected chi connectivity index (χ4v) is 2.48. The lowest BCUT2D eigenvalue weighted by Gasteiger charge is -2.13. The summed E-state index contributed by atoms with van der Waals surface area (Å²) >= 11 is 1.13. The van der Waals surface area contributed by atoms with Gasteiger partial charge in [0.2, 0.25) is 5.89 Å². The van der Waals surface area contributed by atoms with Gasteiger partial charge >= 0.3 is 5.97 Å². The zero-order chi connectivity index (χ0) is 14.0. The van der Waals surface area contributed by atoms with Gasteiger partial charge < -0.3 is 9.52 Å². The Hall–Kier alpha value is -1.83. The van der Waals surface area contributed by atoms with E-state index in [1.807, 2.05) is 25.3 Å². The smallest absolute Gasteiger partial charge is 0.313 e. The van der Waals surface area contributed by atoms with Crippen LogP contribution in [0.2, 0.25) is 0 Å². The van der Waals surface area contributed by atoms with Gasteiger partial charge in [-0.3, -0.25) is 9.36 Å². The lowest BCUT2D eigenvalue weighted by atomic mass is 10.3. The maximum atomic E-state index is 10.6. The van der Waals surface area contributed by atoms with E-state index in [2.05, 4.69) is 15.2 Å². The van der Waals surface area contributed by atoms with E-state index in [1.165, 1.54) is 0 Å². The van der Waals surface area contributed by atoms with Crippen molar-refractivity contribution in [1.82, 2.24) is 19.7 Å². The largest absolute Gasteiger partial charge is 0.481 e. The van der Waals surface area contributed by atoms with Gasteiger partial charge in [-0.05, 0) is 20.8 Å². The van der Waals surface area contributed by atoms with Gasteiger partial charge in [0.25, 0.3) is 0 Å². The Morgan fingerprint density at radius 1 is 1.53 bits per heavy atom. The predicted molar refractivity (Wildman–Crippen MR) is 68.2 cm³/mol. The topological polar surface area (TPSA) is 94.0 Å². The Bertz CT molecular complexity index is 593. The first-order valence-corrected chi connectivity index (χ1v) is 6.66. The molecular formula is C11H14N4O3S. The monoisotopic (exact) mass is 282 g/mol. The number of hydrogen-bond acceptors (Lipinski definition) is 6. The average molecular weight is 282 g/mol. The molecule has 0 aliphatic heterocycles. The summed E-state index contributed by atoms with van der Waals surface area (Å²) in [7, 11) is 0. The number of nitrogens with zero attached hydrogens (tertiary/aromatic N) is 4. The van der Waals surface area contributed by atoms with E-state index in [9.17, 15) is 4.79 Å². The Kier molecular flexibility index (Phi) is 3.89. The number of hydrogen-bond donors (Lipinski definition) is 1.